The van der Waals surface area contributed by atoms with E-state index in [0.29, 0.717) is 82.1 Å². The first-order valence-electron chi connectivity index (χ1n) is 26.5. The summed E-state index contributed by atoms with van der Waals surface area (Å²) < 4.78 is 77.5. The lowest BCUT2D eigenvalue weighted by Gasteiger charge is -2.42. The van der Waals surface area contributed by atoms with Crippen LogP contribution in [0.15, 0.2) is 95.5 Å². The van der Waals surface area contributed by atoms with Gasteiger partial charge in [-0.15, -0.1) is 0 Å². The van der Waals surface area contributed by atoms with Crippen LogP contribution in [0.2, 0.25) is 33.2 Å². The summed E-state index contributed by atoms with van der Waals surface area (Å²) >= 11 is 0. The van der Waals surface area contributed by atoms with E-state index in [1.165, 1.54) is 12.4 Å². The average Bonchev–Trinajstić information content (AvgIpc) is 3.92. The maximum atomic E-state index is 12.2. The van der Waals surface area contributed by atoms with Crippen LogP contribution in [-0.2, 0) is 64.3 Å². The molecule has 0 N–H and O–H groups in total. The number of benzene rings is 2. The molecule has 2 aromatic carbocycles. The van der Waals surface area contributed by atoms with Crippen LogP contribution in [-0.4, -0.2) is 112 Å². The van der Waals surface area contributed by atoms with E-state index in [9.17, 15) is 16.8 Å². The molecule has 0 fully saturated rings. The number of rotatable bonds is 26. The van der Waals surface area contributed by atoms with Gasteiger partial charge < -0.3 is 27.5 Å². The first-order valence-corrected chi connectivity index (χ1v) is 34.5. The van der Waals surface area contributed by atoms with Crippen molar-refractivity contribution in [1.82, 2.24) is 39.0 Å². The molecule has 0 unspecified atom stereocenters. The predicted molar refractivity (Wildman–Crippen MR) is 308 cm³/mol. The highest BCUT2D eigenvalue weighted by atomic mass is 32.2. The van der Waals surface area contributed by atoms with E-state index in [1.807, 2.05) is 69.8 Å². The Morgan fingerprint density at radius 3 is 1.07 bits per heavy atom. The number of ether oxygens (including phenoxy) is 2. The molecule has 6 aromatic rings. The lowest BCUT2D eigenvalue weighted by Crippen LogP contribution is -2.48. The summed E-state index contributed by atoms with van der Waals surface area (Å²) in [6, 6.07) is 23.1. The normalized spacial score (nSPS) is 12.7. The zero-order chi connectivity index (χ0) is 56.2. The van der Waals surface area contributed by atoms with E-state index < -0.39 is 36.3 Å². The molecular formula is C56H84N8O8S2Si2. The van der Waals surface area contributed by atoms with Crippen molar-refractivity contribution in [2.45, 2.75) is 166 Å². The number of nitrogens with zero attached hydrogens (tertiary/aromatic N) is 8. The average molecular weight is 1120 g/mol. The molecule has 6 rings (SSSR count). The Morgan fingerprint density at radius 2 is 0.789 bits per heavy atom. The molecule has 0 amide bonds. The van der Waals surface area contributed by atoms with Gasteiger partial charge in [0.05, 0.1) is 34.2 Å². The molecule has 16 nitrogen and oxygen atoms in total. The molecule has 0 saturated heterocycles. The summed E-state index contributed by atoms with van der Waals surface area (Å²) in [7, 11) is -7.80. The maximum absolute atomic E-state index is 12.2. The van der Waals surface area contributed by atoms with E-state index in [1.54, 1.807) is 26.4 Å². The van der Waals surface area contributed by atoms with Crippen LogP contribution in [0.3, 0.4) is 0 Å². The molecule has 0 bridgehead atoms. The van der Waals surface area contributed by atoms with E-state index in [2.05, 4.69) is 103 Å². The number of methoxy groups -OCH3 is 2. The predicted octanol–water partition coefficient (Wildman–Crippen LogP) is 12.3. The molecule has 416 valence electrons. The van der Waals surface area contributed by atoms with Gasteiger partial charge in [0, 0.05) is 76.3 Å². The highest BCUT2D eigenvalue weighted by molar-refractivity contribution is 7.90. The highest BCUT2D eigenvalue weighted by Crippen LogP contribution is 2.44. The molecule has 20 heteroatoms. The highest BCUT2D eigenvalue weighted by Gasteiger charge is 2.46. The summed E-state index contributed by atoms with van der Waals surface area (Å²) in [6.45, 7) is 29.4. The van der Waals surface area contributed by atoms with Crippen LogP contribution in [0.1, 0.15) is 108 Å². The van der Waals surface area contributed by atoms with Crippen LogP contribution in [0.25, 0.3) is 45.3 Å². The Balaban J connectivity index is 0.000000281. The Hall–Kier alpha value is -4.81. The van der Waals surface area contributed by atoms with Gasteiger partial charge in [-0.05, 0) is 58.2 Å². The fraction of sp³-hybridized carbons (Fsp3) is 0.536. The molecule has 0 aliphatic carbocycles. The zero-order valence-electron chi connectivity index (χ0n) is 47.9. The molecule has 0 spiro atoms. The van der Waals surface area contributed by atoms with Crippen molar-refractivity contribution < 1.29 is 35.2 Å². The third-order valence-corrected chi connectivity index (χ3v) is 28.3. The van der Waals surface area contributed by atoms with Gasteiger partial charge in [-0.25, -0.2) is 46.7 Å². The van der Waals surface area contributed by atoms with Crippen molar-refractivity contribution in [3.05, 3.63) is 96.8 Å². The quantitative estimate of drug-likeness (QED) is 0.0283. The second kappa shape index (κ2) is 27.2. The van der Waals surface area contributed by atoms with E-state index >= 15 is 0 Å². The molecule has 0 atom stereocenters. The zero-order valence-corrected chi connectivity index (χ0v) is 51.5. The van der Waals surface area contributed by atoms with Gasteiger partial charge in [-0.2, -0.15) is 0 Å². The molecule has 4 aromatic heterocycles. The van der Waals surface area contributed by atoms with Crippen LogP contribution >= 0.6 is 0 Å². The Labute approximate surface area is 456 Å². The van der Waals surface area contributed by atoms with Gasteiger partial charge in [0.1, 0.15) is 25.1 Å². The van der Waals surface area contributed by atoms with Crippen molar-refractivity contribution >= 4 is 36.3 Å². The minimum Gasteiger partial charge on any atom is -0.416 e. The number of imidazole rings is 2. The smallest absolute Gasteiger partial charge is 0.247 e. The minimum absolute atomic E-state index is 0.216. The van der Waals surface area contributed by atoms with Gasteiger partial charge in [-0.1, -0.05) is 144 Å². The van der Waals surface area contributed by atoms with Gasteiger partial charge >= 0.3 is 0 Å². The van der Waals surface area contributed by atoms with E-state index in [0.717, 1.165) is 59.5 Å². The number of hydrogen-bond donors (Lipinski definition) is 0. The van der Waals surface area contributed by atoms with Gasteiger partial charge in [0.15, 0.2) is 16.6 Å². The lowest BCUT2D eigenvalue weighted by molar-refractivity contribution is 0.129. The van der Waals surface area contributed by atoms with Crippen LogP contribution in [0.5, 0.6) is 0 Å². The molecule has 0 aliphatic heterocycles. The van der Waals surface area contributed by atoms with Gasteiger partial charge in [0.25, 0.3) is 0 Å². The van der Waals surface area contributed by atoms with Crippen LogP contribution in [0.4, 0.5) is 0 Å². The number of sulfone groups is 2. The topological polar surface area (TPSA) is 192 Å². The number of aryl methyl sites for hydroxylation is 2. The molecule has 4 heterocycles. The first-order chi connectivity index (χ1) is 35.9. The van der Waals surface area contributed by atoms with E-state index in [4.69, 9.17) is 28.3 Å². The molecule has 0 aliphatic rings. The summed E-state index contributed by atoms with van der Waals surface area (Å²) in [5.74, 6) is 1.68. The van der Waals surface area contributed by atoms with E-state index in [-0.39, 0.29) is 23.8 Å². The summed E-state index contributed by atoms with van der Waals surface area (Å²) in [5.41, 5.74) is 8.81. The Bertz CT molecular complexity index is 2770. The van der Waals surface area contributed by atoms with Gasteiger partial charge in [-0.3, -0.25) is 0 Å². The monoisotopic (exact) mass is 1120 g/mol. The number of aromatic nitrogens is 8. The SMILES string of the molecule is COCn1c(CCCO[Si](C(C)C)(C(C)C)C(C)C)nc(-c2ccccc2)c1-c1ccnc(S(C)(=O)=O)n1.COCn1c(CCCO[Si](C(C)C)(C(C)C)C(C)C)nc(-c2ccccc2)c1-c1ccnc(S(C)(=O)=O)n1. The van der Waals surface area contributed by atoms with Crippen molar-refractivity contribution in [2.24, 2.45) is 0 Å². The lowest BCUT2D eigenvalue weighted by atomic mass is 10.1. The van der Waals surface area contributed by atoms with Crippen LogP contribution in [0, 0.1) is 0 Å². The molecular weight excluding hydrogens is 1030 g/mol. The fourth-order valence-corrected chi connectivity index (χ4v) is 23.3. The third kappa shape index (κ3) is 14.5. The Kier molecular flexibility index (Phi) is 22.2. The minimum atomic E-state index is -3.58. The summed E-state index contributed by atoms with van der Waals surface area (Å²) in [4.78, 5) is 26.8. The van der Waals surface area contributed by atoms with Crippen molar-refractivity contribution in [1.29, 1.82) is 0 Å². The van der Waals surface area contributed by atoms with Crippen LogP contribution < -0.4 is 0 Å². The summed E-state index contributed by atoms with van der Waals surface area (Å²) in [5, 5.41) is -0.432. The largest absolute Gasteiger partial charge is 0.416 e. The third-order valence-electron chi connectivity index (χ3n) is 14.3. The van der Waals surface area contributed by atoms with Crippen molar-refractivity contribution in [2.75, 3.05) is 39.9 Å². The summed E-state index contributed by atoms with van der Waals surface area (Å²) in [6.07, 6.45) is 8.16. The standard InChI is InChI=1S/2C28H42N4O4SSi/c2*1-20(2)38(21(3)4,22(5)6)36-18-12-15-25-31-26(23-13-10-9-11-14-23)27(32(25)19-35-7)24-16-17-29-28(30-24)37(8,33)34/h2*9-11,13-14,16-17,20-22H,12,15,18-19H2,1-8H3. The Morgan fingerprint density at radius 1 is 0.474 bits per heavy atom. The molecule has 0 saturated carbocycles. The number of hydrogen-bond acceptors (Lipinski definition) is 14. The maximum Gasteiger partial charge on any atom is 0.247 e. The second-order valence-corrected chi connectivity index (χ2v) is 36.1. The van der Waals surface area contributed by atoms with Gasteiger partial charge in [0.2, 0.25) is 30.0 Å². The molecule has 76 heavy (non-hydrogen) atoms. The first kappa shape index (κ1) is 62.0. The van der Waals surface area contributed by atoms with Crippen molar-refractivity contribution in [3.63, 3.8) is 0 Å². The van der Waals surface area contributed by atoms with Crippen molar-refractivity contribution in [3.8, 4) is 45.3 Å². The fourth-order valence-electron chi connectivity index (χ4n) is 11.3. The second-order valence-electron chi connectivity index (χ2n) is 21.4. The molecule has 0 radical (unpaired) electrons.